The van der Waals surface area contributed by atoms with Crippen LogP contribution in [0, 0.1) is 11.3 Å². The van der Waals surface area contributed by atoms with Gasteiger partial charge in [0.2, 0.25) is 5.95 Å². The number of nitrogens with one attached hydrogen (secondary N) is 1. The lowest BCUT2D eigenvalue weighted by Gasteiger charge is -2.40. The Balaban J connectivity index is 1.73. The van der Waals surface area contributed by atoms with E-state index >= 15 is 0 Å². The van der Waals surface area contributed by atoms with E-state index in [0.29, 0.717) is 28.6 Å². The standard InChI is InChI=1S/C25H28F3N3O3/c1-15-11-18(14-24(2,3)13-15)31-21-10-5-16(22(32)33-4)12-20(21)30-23(31)29-17-6-8-19(9-7-17)34-25(26,27)28/h5-10,12,15,18H,11,13-14H2,1-4H3,(H,29,30)/t15-,18+/m0/s1. The van der Waals surface area contributed by atoms with Crippen molar-refractivity contribution in [2.24, 2.45) is 11.3 Å². The minimum absolute atomic E-state index is 0.152. The normalized spacial score (nSPS) is 20.2. The summed E-state index contributed by atoms with van der Waals surface area (Å²) < 4.78 is 48.4. The molecule has 182 valence electrons. The smallest absolute Gasteiger partial charge is 0.465 e. The number of fused-ring (bicyclic) bond motifs is 1. The molecule has 4 rings (SSSR count). The van der Waals surface area contributed by atoms with Crippen molar-refractivity contribution in [1.82, 2.24) is 9.55 Å². The summed E-state index contributed by atoms with van der Waals surface area (Å²) in [7, 11) is 1.33. The van der Waals surface area contributed by atoms with E-state index in [1.54, 1.807) is 12.1 Å². The molecule has 0 spiro atoms. The van der Waals surface area contributed by atoms with E-state index in [4.69, 9.17) is 9.72 Å². The predicted octanol–water partition coefficient (Wildman–Crippen LogP) is 6.85. The molecular formula is C25H28F3N3O3. The summed E-state index contributed by atoms with van der Waals surface area (Å²) in [6.07, 6.45) is -1.69. The number of imidazole rings is 1. The van der Waals surface area contributed by atoms with Crippen molar-refractivity contribution in [2.75, 3.05) is 12.4 Å². The molecule has 6 nitrogen and oxygen atoms in total. The van der Waals surface area contributed by atoms with Crippen LogP contribution in [0.25, 0.3) is 11.0 Å². The van der Waals surface area contributed by atoms with Gasteiger partial charge in [0.25, 0.3) is 0 Å². The number of hydrogen-bond acceptors (Lipinski definition) is 5. The zero-order valence-electron chi connectivity index (χ0n) is 19.6. The van der Waals surface area contributed by atoms with E-state index < -0.39 is 12.3 Å². The zero-order chi connectivity index (χ0) is 24.7. The molecule has 1 aromatic heterocycles. The predicted molar refractivity (Wildman–Crippen MR) is 123 cm³/mol. The number of rotatable bonds is 5. The highest BCUT2D eigenvalue weighted by atomic mass is 19.4. The first kappa shape index (κ1) is 23.9. The molecule has 0 radical (unpaired) electrons. The summed E-state index contributed by atoms with van der Waals surface area (Å²) >= 11 is 0. The molecule has 0 unspecified atom stereocenters. The number of carbonyl (C=O) groups excluding carboxylic acids is 1. The third-order valence-corrected chi connectivity index (χ3v) is 6.18. The molecule has 1 aliphatic carbocycles. The number of ether oxygens (including phenoxy) is 2. The number of hydrogen-bond donors (Lipinski definition) is 1. The fourth-order valence-corrected chi connectivity index (χ4v) is 5.16. The maximum Gasteiger partial charge on any atom is 0.573 e. The topological polar surface area (TPSA) is 65.4 Å². The van der Waals surface area contributed by atoms with E-state index in [-0.39, 0.29) is 17.2 Å². The van der Waals surface area contributed by atoms with Crippen molar-refractivity contribution in [1.29, 1.82) is 0 Å². The number of alkyl halides is 3. The lowest BCUT2D eigenvalue weighted by Crippen LogP contribution is -2.29. The minimum atomic E-state index is -4.75. The Morgan fingerprint density at radius 3 is 2.47 bits per heavy atom. The first-order chi connectivity index (χ1) is 15.9. The van der Waals surface area contributed by atoms with Crippen LogP contribution in [0.2, 0.25) is 0 Å². The van der Waals surface area contributed by atoms with Crippen molar-refractivity contribution >= 4 is 28.6 Å². The van der Waals surface area contributed by atoms with Gasteiger partial charge >= 0.3 is 12.3 Å². The average Bonchev–Trinajstić information content (AvgIpc) is 3.09. The highest BCUT2D eigenvalue weighted by Crippen LogP contribution is 2.46. The largest absolute Gasteiger partial charge is 0.573 e. The van der Waals surface area contributed by atoms with Crippen LogP contribution in [0.5, 0.6) is 5.75 Å². The van der Waals surface area contributed by atoms with Gasteiger partial charge in [-0.05, 0) is 73.1 Å². The van der Waals surface area contributed by atoms with Crippen LogP contribution in [-0.4, -0.2) is 29.0 Å². The molecule has 1 saturated carbocycles. The molecule has 9 heteroatoms. The number of halogens is 3. The van der Waals surface area contributed by atoms with Gasteiger partial charge in [0.1, 0.15) is 5.75 Å². The van der Waals surface area contributed by atoms with Gasteiger partial charge in [0, 0.05) is 11.7 Å². The van der Waals surface area contributed by atoms with E-state index in [1.165, 1.54) is 31.4 Å². The van der Waals surface area contributed by atoms with Crippen LogP contribution < -0.4 is 10.1 Å². The van der Waals surface area contributed by atoms with Gasteiger partial charge in [-0.3, -0.25) is 0 Å². The third-order valence-electron chi connectivity index (χ3n) is 6.18. The maximum absolute atomic E-state index is 12.5. The van der Waals surface area contributed by atoms with E-state index in [9.17, 15) is 18.0 Å². The molecule has 2 aromatic carbocycles. The van der Waals surface area contributed by atoms with Gasteiger partial charge < -0.3 is 19.4 Å². The minimum Gasteiger partial charge on any atom is -0.465 e. The fourth-order valence-electron chi connectivity index (χ4n) is 5.16. The van der Waals surface area contributed by atoms with Crippen molar-refractivity contribution in [2.45, 2.75) is 52.4 Å². The van der Waals surface area contributed by atoms with Gasteiger partial charge in [0.05, 0.1) is 23.7 Å². The molecule has 34 heavy (non-hydrogen) atoms. The summed E-state index contributed by atoms with van der Waals surface area (Å²) in [6, 6.07) is 11.0. The molecule has 2 atom stereocenters. The van der Waals surface area contributed by atoms with Crippen LogP contribution in [0.4, 0.5) is 24.8 Å². The molecule has 3 aromatic rings. The van der Waals surface area contributed by atoms with Gasteiger partial charge in [-0.2, -0.15) is 0 Å². The fraction of sp³-hybridized carbons (Fsp3) is 0.440. The maximum atomic E-state index is 12.5. The van der Waals surface area contributed by atoms with Crippen LogP contribution in [0.15, 0.2) is 42.5 Å². The quantitative estimate of drug-likeness (QED) is 0.409. The number of methoxy groups -OCH3 is 1. The molecule has 0 aliphatic heterocycles. The number of anilines is 2. The zero-order valence-corrected chi connectivity index (χ0v) is 19.6. The second-order valence-electron chi connectivity index (χ2n) is 9.76. The second kappa shape index (κ2) is 8.85. The monoisotopic (exact) mass is 475 g/mol. The number of nitrogens with zero attached hydrogens (tertiary/aromatic N) is 2. The van der Waals surface area contributed by atoms with Crippen molar-refractivity contribution in [3.05, 3.63) is 48.0 Å². The van der Waals surface area contributed by atoms with Crippen LogP contribution in [-0.2, 0) is 4.74 Å². The van der Waals surface area contributed by atoms with Crippen LogP contribution >= 0.6 is 0 Å². The highest BCUT2D eigenvalue weighted by Gasteiger charge is 2.35. The van der Waals surface area contributed by atoms with E-state index in [1.807, 2.05) is 6.07 Å². The number of esters is 1. The van der Waals surface area contributed by atoms with Gasteiger partial charge in [0.15, 0.2) is 0 Å². The molecule has 1 N–H and O–H groups in total. The summed E-state index contributed by atoms with van der Waals surface area (Å²) in [5.74, 6) is 0.347. The first-order valence-corrected chi connectivity index (χ1v) is 11.2. The first-order valence-electron chi connectivity index (χ1n) is 11.2. The summed E-state index contributed by atoms with van der Waals surface area (Å²) in [4.78, 5) is 16.8. The number of carbonyl (C=O) groups is 1. The summed E-state index contributed by atoms with van der Waals surface area (Å²) in [5, 5.41) is 3.25. The summed E-state index contributed by atoms with van der Waals surface area (Å²) in [5.41, 5.74) is 2.64. The molecule has 1 fully saturated rings. The SMILES string of the molecule is COC(=O)c1ccc2c(c1)nc(Nc1ccc(OC(F)(F)F)cc1)n2[C@@H]1C[C@H](C)CC(C)(C)C1. The van der Waals surface area contributed by atoms with Gasteiger partial charge in [-0.25, -0.2) is 9.78 Å². The number of benzene rings is 2. The molecule has 0 bridgehead atoms. The molecule has 1 heterocycles. The van der Waals surface area contributed by atoms with Crippen molar-refractivity contribution in [3.63, 3.8) is 0 Å². The number of aromatic nitrogens is 2. The van der Waals surface area contributed by atoms with Crippen LogP contribution in [0.3, 0.4) is 0 Å². The Morgan fingerprint density at radius 1 is 1.15 bits per heavy atom. The highest BCUT2D eigenvalue weighted by molar-refractivity contribution is 5.94. The van der Waals surface area contributed by atoms with Crippen molar-refractivity contribution in [3.8, 4) is 5.75 Å². The van der Waals surface area contributed by atoms with Gasteiger partial charge in [-0.15, -0.1) is 13.2 Å². The van der Waals surface area contributed by atoms with E-state index in [0.717, 1.165) is 24.8 Å². The summed E-state index contributed by atoms with van der Waals surface area (Å²) in [6.45, 7) is 6.77. The second-order valence-corrected chi connectivity index (χ2v) is 9.76. The van der Waals surface area contributed by atoms with Crippen LogP contribution in [0.1, 0.15) is 56.4 Å². The Hall–Kier alpha value is -3.23. The Labute approximate surface area is 196 Å². The Bertz CT molecular complexity index is 1190. The Morgan fingerprint density at radius 2 is 1.85 bits per heavy atom. The lowest BCUT2D eigenvalue weighted by atomic mass is 9.70. The average molecular weight is 476 g/mol. The van der Waals surface area contributed by atoms with Gasteiger partial charge in [-0.1, -0.05) is 20.8 Å². The van der Waals surface area contributed by atoms with Crippen molar-refractivity contribution < 1.29 is 27.4 Å². The van der Waals surface area contributed by atoms with E-state index in [2.05, 4.69) is 35.4 Å². The third kappa shape index (κ3) is 5.29. The Kier molecular flexibility index (Phi) is 6.22. The lowest BCUT2D eigenvalue weighted by molar-refractivity contribution is -0.274. The molecular weight excluding hydrogens is 447 g/mol. The molecule has 0 saturated heterocycles. The molecule has 0 amide bonds. The molecule has 1 aliphatic rings.